The molecular weight excluding hydrogens is 336 g/mol. The first kappa shape index (κ1) is 16.1. The Kier molecular flexibility index (Phi) is 3.99. The van der Waals surface area contributed by atoms with Crippen LogP contribution in [0.2, 0.25) is 0 Å². The number of nitrogens with one attached hydrogen (secondary N) is 1. The molecule has 0 bridgehead atoms. The largest absolute Gasteiger partial charge is 0.477 e. The molecule has 3 N–H and O–H groups in total. The smallest absolute Gasteiger partial charge is 0.352 e. The van der Waals surface area contributed by atoms with Crippen LogP contribution in [0.1, 0.15) is 23.8 Å². The number of aliphatic carboxylic acids is 1. The van der Waals surface area contributed by atoms with Gasteiger partial charge in [-0.25, -0.2) is 4.79 Å². The zero-order chi connectivity index (χ0) is 16.9. The van der Waals surface area contributed by atoms with Gasteiger partial charge in [-0.2, -0.15) is 0 Å². The molecule has 0 aliphatic carbocycles. The van der Waals surface area contributed by atoms with Crippen molar-refractivity contribution in [1.29, 1.82) is 0 Å². The minimum atomic E-state index is -1.12. The number of hydrogen-bond donors (Lipinski definition) is 3. The summed E-state index contributed by atoms with van der Waals surface area (Å²) in [4.78, 5) is 26.5. The minimum Gasteiger partial charge on any atom is -0.477 e. The summed E-state index contributed by atoms with van der Waals surface area (Å²) in [7, 11) is 1.73. The molecule has 0 unspecified atom stereocenters. The topological polar surface area (TPSA) is 89.9 Å². The number of carbonyl (C=O) groups excluding carboxylic acids is 1. The fourth-order valence-corrected chi connectivity index (χ4v) is 4.40. The summed E-state index contributed by atoms with van der Waals surface area (Å²) in [6.07, 6.45) is -0.344. The third kappa shape index (κ3) is 2.37. The second kappa shape index (κ2) is 5.70. The van der Waals surface area contributed by atoms with Gasteiger partial charge >= 0.3 is 5.97 Å². The molecule has 3 heterocycles. The van der Waals surface area contributed by atoms with Crippen LogP contribution in [0.3, 0.4) is 0 Å². The lowest BCUT2D eigenvalue weighted by Gasteiger charge is -2.44. The Hall–Kier alpha value is -1.77. The maximum absolute atomic E-state index is 12.2. The van der Waals surface area contributed by atoms with Crippen LogP contribution in [0.5, 0.6) is 0 Å². The normalized spacial score (nSPS) is 24.3. The van der Waals surface area contributed by atoms with Gasteiger partial charge in [-0.15, -0.1) is 11.3 Å². The highest BCUT2D eigenvalue weighted by Crippen LogP contribution is 2.47. The van der Waals surface area contributed by atoms with E-state index in [1.807, 2.05) is 11.4 Å². The van der Waals surface area contributed by atoms with Gasteiger partial charge in [-0.05, 0) is 19.4 Å². The van der Waals surface area contributed by atoms with E-state index in [1.54, 1.807) is 14.0 Å². The van der Waals surface area contributed by atoms with Gasteiger partial charge < -0.3 is 20.4 Å². The molecule has 2 aliphatic rings. The molecule has 0 aromatic carbocycles. The number of thiocarbonyl (C=S) groups is 1. The number of carboxylic acid groups (broad SMARTS) is 1. The van der Waals surface area contributed by atoms with Gasteiger partial charge in [0.05, 0.1) is 18.1 Å². The highest BCUT2D eigenvalue weighted by molar-refractivity contribution is 7.80. The summed E-state index contributed by atoms with van der Waals surface area (Å²) in [5.74, 6) is -1.97. The van der Waals surface area contributed by atoms with E-state index in [4.69, 9.17) is 12.2 Å². The van der Waals surface area contributed by atoms with E-state index in [1.165, 1.54) is 16.2 Å². The quantitative estimate of drug-likeness (QED) is 0.554. The van der Waals surface area contributed by atoms with Gasteiger partial charge in [0, 0.05) is 28.4 Å². The van der Waals surface area contributed by atoms with Gasteiger partial charge in [0.1, 0.15) is 10.7 Å². The van der Waals surface area contributed by atoms with Crippen LogP contribution in [0, 0.1) is 5.92 Å². The summed E-state index contributed by atoms with van der Waals surface area (Å²) >= 11 is 6.59. The predicted octanol–water partition coefficient (Wildman–Crippen LogP) is 1.05. The predicted molar refractivity (Wildman–Crippen MR) is 90.1 cm³/mol. The van der Waals surface area contributed by atoms with Gasteiger partial charge in [-0.3, -0.25) is 4.79 Å². The molecule has 122 valence electrons. The Labute approximate surface area is 142 Å². The molecule has 3 rings (SSSR count). The van der Waals surface area contributed by atoms with Crippen LogP contribution in [0.25, 0.3) is 5.57 Å². The molecule has 1 aromatic heterocycles. The number of aliphatic hydroxyl groups excluding tert-OH is 1. The van der Waals surface area contributed by atoms with Crippen LogP contribution in [-0.2, 0) is 9.59 Å². The van der Waals surface area contributed by atoms with E-state index >= 15 is 0 Å². The number of rotatable bonds is 4. The second-order valence-electron chi connectivity index (χ2n) is 5.66. The van der Waals surface area contributed by atoms with Crippen molar-refractivity contribution in [2.75, 3.05) is 7.05 Å². The molecule has 2 aliphatic heterocycles. The molecule has 1 amide bonds. The molecule has 6 nitrogen and oxygen atoms in total. The zero-order valence-corrected chi connectivity index (χ0v) is 14.2. The van der Waals surface area contributed by atoms with Gasteiger partial charge in [-0.1, -0.05) is 12.2 Å². The van der Waals surface area contributed by atoms with E-state index in [-0.39, 0.29) is 17.6 Å². The van der Waals surface area contributed by atoms with Crippen LogP contribution in [0.4, 0.5) is 0 Å². The maximum Gasteiger partial charge on any atom is 0.352 e. The average molecular weight is 352 g/mol. The van der Waals surface area contributed by atoms with Crippen molar-refractivity contribution >= 4 is 46.0 Å². The van der Waals surface area contributed by atoms with Crippen molar-refractivity contribution in [3.05, 3.63) is 27.6 Å². The van der Waals surface area contributed by atoms with Gasteiger partial charge in [0.2, 0.25) is 5.91 Å². The van der Waals surface area contributed by atoms with E-state index in [0.29, 0.717) is 17.0 Å². The summed E-state index contributed by atoms with van der Waals surface area (Å²) in [6.45, 7) is 1.56. The number of carboxylic acids is 1. The van der Waals surface area contributed by atoms with Crippen LogP contribution in [0.15, 0.2) is 17.1 Å². The molecule has 3 atom stereocenters. The first-order valence-corrected chi connectivity index (χ1v) is 8.44. The summed E-state index contributed by atoms with van der Waals surface area (Å²) < 4.78 is 0. The number of carbonyl (C=O) groups is 2. The molecule has 0 saturated carbocycles. The zero-order valence-electron chi connectivity index (χ0n) is 12.6. The Bertz CT molecular complexity index is 738. The lowest BCUT2D eigenvalue weighted by molar-refractivity contribution is -0.161. The number of fused-ring (bicyclic) bond motifs is 1. The maximum atomic E-state index is 12.2. The van der Waals surface area contributed by atoms with Crippen molar-refractivity contribution < 1.29 is 19.8 Å². The first-order chi connectivity index (χ1) is 10.9. The van der Waals surface area contributed by atoms with Crippen molar-refractivity contribution in [2.45, 2.75) is 25.5 Å². The molecule has 1 fully saturated rings. The summed E-state index contributed by atoms with van der Waals surface area (Å²) in [5, 5.41) is 24.0. The van der Waals surface area contributed by atoms with Crippen LogP contribution in [-0.4, -0.2) is 51.2 Å². The Morgan fingerprint density at radius 3 is 2.83 bits per heavy atom. The molecule has 1 saturated heterocycles. The summed E-state index contributed by atoms with van der Waals surface area (Å²) in [6, 6.07) is 1.57. The molecule has 0 spiro atoms. The van der Waals surface area contributed by atoms with E-state index in [9.17, 15) is 19.8 Å². The van der Waals surface area contributed by atoms with Crippen molar-refractivity contribution in [3.8, 4) is 0 Å². The average Bonchev–Trinajstić information content (AvgIpc) is 3.08. The molecule has 0 radical (unpaired) electrons. The number of amides is 1. The lowest BCUT2D eigenvalue weighted by Crippen LogP contribution is -2.61. The van der Waals surface area contributed by atoms with Crippen molar-refractivity contribution in [1.82, 2.24) is 10.2 Å². The van der Waals surface area contributed by atoms with Crippen molar-refractivity contribution in [3.63, 3.8) is 0 Å². The van der Waals surface area contributed by atoms with Crippen LogP contribution >= 0.6 is 23.6 Å². The van der Waals surface area contributed by atoms with Gasteiger partial charge in [0.15, 0.2) is 0 Å². The van der Waals surface area contributed by atoms with E-state index in [0.717, 1.165) is 10.4 Å². The number of aliphatic hydroxyl groups is 1. The lowest BCUT2D eigenvalue weighted by atomic mass is 9.83. The number of thiophene rings is 1. The minimum absolute atomic E-state index is 0.0284. The van der Waals surface area contributed by atoms with Crippen molar-refractivity contribution in [2.24, 2.45) is 5.92 Å². The fourth-order valence-electron chi connectivity index (χ4n) is 3.25. The monoisotopic (exact) mass is 352 g/mol. The Balaban J connectivity index is 1.98. The molecule has 1 aromatic rings. The fraction of sp³-hybridized carbons (Fsp3) is 0.400. The molecular formula is C15H16N2O4S2. The third-order valence-electron chi connectivity index (χ3n) is 4.32. The molecule has 8 heteroatoms. The highest BCUT2D eigenvalue weighted by Gasteiger charge is 2.56. The van der Waals surface area contributed by atoms with Gasteiger partial charge in [0.25, 0.3) is 0 Å². The highest BCUT2D eigenvalue weighted by atomic mass is 32.1. The third-order valence-corrected chi connectivity index (χ3v) is 5.75. The second-order valence-corrected chi connectivity index (χ2v) is 6.98. The number of β-lactam (4-membered cyclic amide) rings is 1. The standard InChI is InChI=1S/C15H16N2O4S2/c1-6(18)11-9-4-8(12(15(20)21)17(9)14(11)19)10-3-7(5-23-10)13(22)16-2/h3,5-6,9,11,18H,4H2,1-2H3,(H,16,22)(H,20,21)/t6-,9-,11-/m1/s1. The Morgan fingerprint density at radius 1 is 1.57 bits per heavy atom. The first-order valence-electron chi connectivity index (χ1n) is 7.15. The SMILES string of the molecule is CNC(=S)c1csc(C2=C(C(=O)O)N3C(=O)[C@H]([C@@H](C)O)[C@H]3C2)c1. The number of hydrogen-bond acceptors (Lipinski definition) is 5. The molecule has 23 heavy (non-hydrogen) atoms. The van der Waals surface area contributed by atoms with E-state index < -0.39 is 18.0 Å². The van der Waals surface area contributed by atoms with E-state index in [2.05, 4.69) is 5.32 Å². The number of nitrogens with zero attached hydrogens (tertiary/aromatic N) is 1. The summed E-state index contributed by atoms with van der Waals surface area (Å²) in [5.41, 5.74) is 1.49. The Morgan fingerprint density at radius 2 is 2.26 bits per heavy atom. The van der Waals surface area contributed by atoms with Crippen LogP contribution < -0.4 is 5.32 Å².